The number of nitro groups is 1. The summed E-state index contributed by atoms with van der Waals surface area (Å²) in [6.45, 7) is 7.93. The Morgan fingerprint density at radius 2 is 2.06 bits per heavy atom. The second kappa shape index (κ2) is 4.69. The zero-order valence-electron chi connectivity index (χ0n) is 10.7. The van der Waals surface area contributed by atoms with Gasteiger partial charge >= 0.3 is 11.6 Å². The summed E-state index contributed by atoms with van der Waals surface area (Å²) in [7, 11) is 0. The van der Waals surface area contributed by atoms with Gasteiger partial charge in [-0.05, 0) is 18.4 Å². The fourth-order valence-corrected chi connectivity index (χ4v) is 1.88. The Hall–Kier alpha value is -1.65. The van der Waals surface area contributed by atoms with E-state index in [-0.39, 0.29) is 11.1 Å². The molecule has 0 aliphatic carbocycles. The average Bonchev–Trinajstić information content (AvgIpc) is 2.35. The zero-order chi connectivity index (χ0) is 13.2. The number of amides is 1. The van der Waals surface area contributed by atoms with Crippen LogP contribution in [0.3, 0.4) is 0 Å². The number of allylic oxidation sites excluding steroid dienone is 3. The maximum Gasteiger partial charge on any atom is 0.330 e. The third kappa shape index (κ3) is 2.93. The monoisotopic (exact) mass is 238 g/mol. The van der Waals surface area contributed by atoms with Crippen molar-refractivity contribution in [1.82, 2.24) is 5.32 Å². The number of nitrogens with zero attached hydrogens (tertiary/aromatic N) is 1. The predicted molar refractivity (Wildman–Crippen MR) is 64.6 cm³/mol. The Bertz CT molecular complexity index is 414. The summed E-state index contributed by atoms with van der Waals surface area (Å²) >= 11 is 0. The van der Waals surface area contributed by atoms with E-state index in [4.69, 9.17) is 0 Å². The van der Waals surface area contributed by atoms with Crippen LogP contribution in [-0.4, -0.2) is 10.8 Å². The topological polar surface area (TPSA) is 72.2 Å². The van der Waals surface area contributed by atoms with Gasteiger partial charge in [-0.15, -0.1) is 0 Å². The third-order valence-corrected chi connectivity index (χ3v) is 2.74. The Morgan fingerprint density at radius 3 is 2.47 bits per heavy atom. The van der Waals surface area contributed by atoms with Gasteiger partial charge in [0, 0.05) is 17.2 Å². The molecule has 0 spiro atoms. The van der Waals surface area contributed by atoms with E-state index < -0.39 is 10.8 Å². The van der Waals surface area contributed by atoms with Crippen molar-refractivity contribution >= 4 is 5.91 Å². The molecule has 0 unspecified atom stereocenters. The molecule has 0 saturated heterocycles. The number of carbonyl (C=O) groups is 1. The largest absolute Gasteiger partial charge is 0.330 e. The highest BCUT2D eigenvalue weighted by atomic mass is 16.6. The lowest BCUT2D eigenvalue weighted by Crippen LogP contribution is -2.32. The molecule has 1 aliphatic rings. The van der Waals surface area contributed by atoms with Crippen LogP contribution >= 0.6 is 0 Å². The molecule has 0 saturated carbocycles. The van der Waals surface area contributed by atoms with Gasteiger partial charge in [0.05, 0.1) is 4.92 Å². The lowest BCUT2D eigenvalue weighted by molar-refractivity contribution is -0.419. The second-order valence-electron chi connectivity index (χ2n) is 5.09. The first-order valence-electron chi connectivity index (χ1n) is 5.65. The fraction of sp³-hybridized carbons (Fsp3) is 0.583. The summed E-state index contributed by atoms with van der Waals surface area (Å²) in [4.78, 5) is 21.8. The van der Waals surface area contributed by atoms with Gasteiger partial charge in [0.2, 0.25) is 0 Å². The van der Waals surface area contributed by atoms with Gasteiger partial charge in [0.15, 0.2) is 0 Å². The van der Waals surface area contributed by atoms with Crippen LogP contribution in [0.15, 0.2) is 23.0 Å². The van der Waals surface area contributed by atoms with Gasteiger partial charge in [-0.2, -0.15) is 0 Å². The van der Waals surface area contributed by atoms with Crippen LogP contribution < -0.4 is 5.32 Å². The summed E-state index contributed by atoms with van der Waals surface area (Å²) in [5.41, 5.74) is 1.26. The summed E-state index contributed by atoms with van der Waals surface area (Å²) in [6.07, 6.45) is 2.62. The summed E-state index contributed by atoms with van der Waals surface area (Å²) < 4.78 is 0. The number of hydrogen-bond donors (Lipinski definition) is 1. The Balaban J connectivity index is 3.16. The molecule has 1 aliphatic heterocycles. The molecule has 0 atom stereocenters. The molecule has 0 aromatic rings. The van der Waals surface area contributed by atoms with E-state index in [9.17, 15) is 14.9 Å². The molecule has 94 valence electrons. The lowest BCUT2D eigenvalue weighted by atomic mass is 9.87. The van der Waals surface area contributed by atoms with E-state index in [2.05, 4.69) is 5.32 Å². The van der Waals surface area contributed by atoms with Crippen LogP contribution in [0.25, 0.3) is 0 Å². The first-order chi connectivity index (χ1) is 7.77. The Labute approximate surface area is 101 Å². The van der Waals surface area contributed by atoms with Gasteiger partial charge in [0.25, 0.3) is 0 Å². The molecule has 0 aromatic heterocycles. The molecule has 1 rings (SSSR count). The van der Waals surface area contributed by atoms with Gasteiger partial charge in [-0.25, -0.2) is 0 Å². The van der Waals surface area contributed by atoms with Crippen LogP contribution in [0.1, 0.15) is 40.5 Å². The van der Waals surface area contributed by atoms with Crippen molar-refractivity contribution in [3.8, 4) is 0 Å². The molecule has 5 heteroatoms. The van der Waals surface area contributed by atoms with E-state index in [0.717, 1.165) is 17.7 Å². The highest BCUT2D eigenvalue weighted by Crippen LogP contribution is 2.30. The molecule has 17 heavy (non-hydrogen) atoms. The first kappa shape index (κ1) is 13.4. The first-order valence-corrected chi connectivity index (χ1v) is 5.65. The summed E-state index contributed by atoms with van der Waals surface area (Å²) in [5, 5.41) is 13.4. The second-order valence-corrected chi connectivity index (χ2v) is 5.09. The SMILES string of the molecule is CCC1=C(C(C)(C)C)NC(=O)C([N+](=O)[O-])=CC1. The van der Waals surface area contributed by atoms with Crippen molar-refractivity contribution in [2.45, 2.75) is 40.5 Å². The number of nitrogens with one attached hydrogen (secondary N) is 1. The molecule has 0 fully saturated rings. The normalized spacial score (nSPS) is 17.4. The van der Waals surface area contributed by atoms with E-state index >= 15 is 0 Å². The zero-order valence-corrected chi connectivity index (χ0v) is 10.7. The maximum absolute atomic E-state index is 11.7. The number of hydrogen-bond acceptors (Lipinski definition) is 3. The number of carbonyl (C=O) groups excluding carboxylic acids is 1. The lowest BCUT2D eigenvalue weighted by Gasteiger charge is -2.25. The smallest absolute Gasteiger partial charge is 0.320 e. The Kier molecular flexibility index (Phi) is 3.70. The highest BCUT2D eigenvalue weighted by molar-refractivity contribution is 5.92. The van der Waals surface area contributed by atoms with Gasteiger partial charge in [-0.3, -0.25) is 14.9 Å². The fourth-order valence-electron chi connectivity index (χ4n) is 1.88. The standard InChI is InChI=1S/C12H18N2O3/c1-5-8-6-7-9(14(16)17)11(15)13-10(8)12(2,3)4/h7H,5-6H2,1-4H3,(H,13,15). The van der Waals surface area contributed by atoms with Gasteiger partial charge in [-0.1, -0.05) is 27.7 Å². The quantitative estimate of drug-likeness (QED) is 0.593. The summed E-state index contributed by atoms with van der Waals surface area (Å²) in [6, 6.07) is 0. The summed E-state index contributed by atoms with van der Waals surface area (Å²) in [5.74, 6) is -0.622. The van der Waals surface area contributed by atoms with E-state index in [1.54, 1.807) is 0 Å². The van der Waals surface area contributed by atoms with E-state index in [1.165, 1.54) is 6.08 Å². The molecule has 1 N–H and O–H groups in total. The van der Waals surface area contributed by atoms with E-state index in [1.807, 2.05) is 27.7 Å². The highest BCUT2D eigenvalue weighted by Gasteiger charge is 2.30. The van der Waals surface area contributed by atoms with Crippen molar-refractivity contribution in [3.05, 3.63) is 33.2 Å². The minimum Gasteiger partial charge on any atom is -0.320 e. The third-order valence-electron chi connectivity index (χ3n) is 2.74. The minimum atomic E-state index is -0.631. The van der Waals surface area contributed by atoms with Crippen LogP contribution in [-0.2, 0) is 4.79 Å². The molecule has 1 heterocycles. The minimum absolute atomic E-state index is 0.221. The van der Waals surface area contributed by atoms with Crippen molar-refractivity contribution < 1.29 is 9.72 Å². The van der Waals surface area contributed by atoms with E-state index in [0.29, 0.717) is 6.42 Å². The van der Waals surface area contributed by atoms with Crippen LogP contribution in [0.2, 0.25) is 0 Å². The van der Waals surface area contributed by atoms with Crippen LogP contribution in [0.4, 0.5) is 0 Å². The van der Waals surface area contributed by atoms with Gasteiger partial charge < -0.3 is 5.32 Å². The molecule has 0 aromatic carbocycles. The van der Waals surface area contributed by atoms with Crippen molar-refractivity contribution in [1.29, 1.82) is 0 Å². The molecule has 0 bridgehead atoms. The molecular weight excluding hydrogens is 220 g/mol. The molecule has 1 amide bonds. The van der Waals surface area contributed by atoms with Gasteiger partial charge in [0.1, 0.15) is 0 Å². The molecule has 0 radical (unpaired) electrons. The van der Waals surface area contributed by atoms with Crippen molar-refractivity contribution in [2.75, 3.05) is 0 Å². The predicted octanol–water partition coefficient (Wildman–Crippen LogP) is 2.38. The Morgan fingerprint density at radius 1 is 1.47 bits per heavy atom. The van der Waals surface area contributed by atoms with Crippen LogP contribution in [0, 0.1) is 15.5 Å². The maximum atomic E-state index is 11.7. The molecule has 5 nitrogen and oxygen atoms in total. The molecular formula is C12H18N2O3. The average molecular weight is 238 g/mol. The van der Waals surface area contributed by atoms with Crippen LogP contribution in [0.5, 0.6) is 0 Å². The number of rotatable bonds is 2. The van der Waals surface area contributed by atoms with Crippen molar-refractivity contribution in [3.63, 3.8) is 0 Å². The van der Waals surface area contributed by atoms with Crippen molar-refractivity contribution in [2.24, 2.45) is 5.41 Å².